The summed E-state index contributed by atoms with van der Waals surface area (Å²) >= 11 is 0. The van der Waals surface area contributed by atoms with E-state index in [9.17, 15) is 4.79 Å². The van der Waals surface area contributed by atoms with Gasteiger partial charge in [0.2, 0.25) is 0 Å². The fourth-order valence-electron chi connectivity index (χ4n) is 3.07. The highest BCUT2D eigenvalue weighted by molar-refractivity contribution is 5.94. The number of hydrogen-bond donors (Lipinski definition) is 1. The Balaban J connectivity index is 1.64. The quantitative estimate of drug-likeness (QED) is 0.880. The highest BCUT2D eigenvalue weighted by atomic mass is 16.2. The van der Waals surface area contributed by atoms with Gasteiger partial charge in [-0.3, -0.25) is 9.78 Å². The van der Waals surface area contributed by atoms with Crippen molar-refractivity contribution < 1.29 is 4.79 Å². The van der Waals surface area contributed by atoms with E-state index in [1.54, 1.807) is 6.20 Å². The maximum absolute atomic E-state index is 12.4. The normalized spacial score (nSPS) is 24.0. The summed E-state index contributed by atoms with van der Waals surface area (Å²) in [5.41, 5.74) is 1.82. The molecule has 0 radical (unpaired) electrons. The van der Waals surface area contributed by atoms with Gasteiger partial charge >= 0.3 is 0 Å². The number of piperazine rings is 1. The number of pyridine rings is 1. The van der Waals surface area contributed by atoms with Crippen molar-refractivity contribution in [2.45, 2.75) is 18.8 Å². The first-order valence-corrected chi connectivity index (χ1v) is 7.88. The Kier molecular flexibility index (Phi) is 4.51. The first-order valence-electron chi connectivity index (χ1n) is 7.88. The third-order valence-corrected chi connectivity index (χ3v) is 4.54. The van der Waals surface area contributed by atoms with Crippen LogP contribution in [0, 0.1) is 0 Å². The Labute approximate surface area is 126 Å². The second kappa shape index (κ2) is 6.54. The van der Waals surface area contributed by atoms with E-state index in [2.05, 4.69) is 22.2 Å². The number of rotatable bonds is 2. The van der Waals surface area contributed by atoms with Crippen molar-refractivity contribution in [2.24, 2.45) is 0 Å². The summed E-state index contributed by atoms with van der Waals surface area (Å²) in [5, 5.41) is 3.41. The minimum atomic E-state index is 0.115. The number of nitrogens with zero attached hydrogens (tertiary/aromatic N) is 3. The second-order valence-corrected chi connectivity index (χ2v) is 6.11. The Morgan fingerprint density at radius 1 is 1.29 bits per heavy atom. The van der Waals surface area contributed by atoms with Gasteiger partial charge in [-0.05, 0) is 38.6 Å². The van der Waals surface area contributed by atoms with E-state index in [1.807, 2.05) is 17.0 Å². The molecule has 2 aliphatic heterocycles. The number of piperidine rings is 1. The number of hydrogen-bond acceptors (Lipinski definition) is 4. The monoisotopic (exact) mass is 288 g/mol. The van der Waals surface area contributed by atoms with Crippen LogP contribution in [0.15, 0.2) is 18.3 Å². The average Bonchev–Trinajstić information content (AvgIpc) is 2.56. The number of carbonyl (C=O) groups is 1. The molecule has 2 fully saturated rings. The average molecular weight is 288 g/mol. The van der Waals surface area contributed by atoms with Gasteiger partial charge < -0.3 is 15.1 Å². The van der Waals surface area contributed by atoms with Gasteiger partial charge in [-0.1, -0.05) is 0 Å². The van der Waals surface area contributed by atoms with Crippen molar-refractivity contribution in [1.29, 1.82) is 0 Å². The second-order valence-electron chi connectivity index (χ2n) is 6.11. The Morgan fingerprint density at radius 3 is 2.71 bits per heavy atom. The van der Waals surface area contributed by atoms with E-state index >= 15 is 0 Å². The van der Waals surface area contributed by atoms with Crippen LogP contribution in [-0.2, 0) is 0 Å². The molecule has 0 aliphatic carbocycles. The SMILES string of the molecule is CN1CCN(C(=O)c2ccc(C3CCCNC3)nc2)CC1. The minimum absolute atomic E-state index is 0.115. The fraction of sp³-hybridized carbons (Fsp3) is 0.625. The summed E-state index contributed by atoms with van der Waals surface area (Å²) < 4.78 is 0. The molecule has 1 aromatic rings. The van der Waals surface area contributed by atoms with Gasteiger partial charge in [0.15, 0.2) is 0 Å². The maximum Gasteiger partial charge on any atom is 0.255 e. The van der Waals surface area contributed by atoms with Crippen LogP contribution in [0.2, 0.25) is 0 Å². The zero-order chi connectivity index (χ0) is 14.7. The lowest BCUT2D eigenvalue weighted by Gasteiger charge is -2.32. The van der Waals surface area contributed by atoms with Crippen molar-refractivity contribution >= 4 is 5.91 Å². The summed E-state index contributed by atoms with van der Waals surface area (Å²) in [4.78, 5) is 21.2. The number of aromatic nitrogens is 1. The van der Waals surface area contributed by atoms with Crippen molar-refractivity contribution in [3.8, 4) is 0 Å². The summed E-state index contributed by atoms with van der Waals surface area (Å²) in [6.45, 7) is 5.62. The molecule has 5 nitrogen and oxygen atoms in total. The molecule has 114 valence electrons. The molecule has 0 saturated carbocycles. The Bertz CT molecular complexity index is 474. The van der Waals surface area contributed by atoms with E-state index in [4.69, 9.17) is 0 Å². The summed E-state index contributed by atoms with van der Waals surface area (Å²) in [5.74, 6) is 0.607. The van der Waals surface area contributed by atoms with Gasteiger partial charge in [-0.15, -0.1) is 0 Å². The van der Waals surface area contributed by atoms with Crippen LogP contribution in [0.5, 0.6) is 0 Å². The van der Waals surface area contributed by atoms with Crippen LogP contribution in [-0.4, -0.2) is 67.0 Å². The Morgan fingerprint density at radius 2 is 2.10 bits per heavy atom. The number of likely N-dealkylation sites (N-methyl/N-ethyl adjacent to an activating group) is 1. The van der Waals surface area contributed by atoms with E-state index < -0.39 is 0 Å². The van der Waals surface area contributed by atoms with Crippen LogP contribution in [0.1, 0.15) is 34.8 Å². The van der Waals surface area contributed by atoms with Crippen molar-refractivity contribution in [3.63, 3.8) is 0 Å². The van der Waals surface area contributed by atoms with Gasteiger partial charge in [0.25, 0.3) is 5.91 Å². The molecule has 3 rings (SSSR count). The minimum Gasteiger partial charge on any atom is -0.336 e. The lowest BCUT2D eigenvalue weighted by molar-refractivity contribution is 0.0663. The highest BCUT2D eigenvalue weighted by Gasteiger charge is 2.21. The summed E-state index contributed by atoms with van der Waals surface area (Å²) in [6.07, 6.45) is 4.14. The number of amides is 1. The van der Waals surface area contributed by atoms with Crippen LogP contribution in [0.3, 0.4) is 0 Å². The smallest absolute Gasteiger partial charge is 0.255 e. The largest absolute Gasteiger partial charge is 0.336 e. The molecule has 5 heteroatoms. The zero-order valence-corrected chi connectivity index (χ0v) is 12.7. The molecule has 1 unspecified atom stereocenters. The molecule has 2 saturated heterocycles. The van der Waals surface area contributed by atoms with Gasteiger partial charge in [0.05, 0.1) is 5.56 Å². The van der Waals surface area contributed by atoms with Crippen molar-refractivity contribution in [2.75, 3.05) is 46.3 Å². The van der Waals surface area contributed by atoms with Crippen molar-refractivity contribution in [1.82, 2.24) is 20.1 Å². The summed E-state index contributed by atoms with van der Waals surface area (Å²) in [6, 6.07) is 3.97. The van der Waals surface area contributed by atoms with Crippen LogP contribution >= 0.6 is 0 Å². The molecule has 3 heterocycles. The molecule has 0 spiro atoms. The van der Waals surface area contributed by atoms with Gasteiger partial charge in [-0.2, -0.15) is 0 Å². The van der Waals surface area contributed by atoms with Crippen LogP contribution in [0.25, 0.3) is 0 Å². The van der Waals surface area contributed by atoms with Gasteiger partial charge in [-0.25, -0.2) is 0 Å². The van der Waals surface area contributed by atoms with E-state index in [-0.39, 0.29) is 5.91 Å². The first kappa shape index (κ1) is 14.5. The Hall–Kier alpha value is -1.46. The summed E-state index contributed by atoms with van der Waals surface area (Å²) in [7, 11) is 2.09. The lowest BCUT2D eigenvalue weighted by Crippen LogP contribution is -2.47. The first-order chi connectivity index (χ1) is 10.2. The molecule has 1 aromatic heterocycles. The molecule has 2 aliphatic rings. The number of carbonyl (C=O) groups excluding carboxylic acids is 1. The van der Waals surface area contributed by atoms with Gasteiger partial charge in [0.1, 0.15) is 0 Å². The highest BCUT2D eigenvalue weighted by Crippen LogP contribution is 2.21. The molecule has 21 heavy (non-hydrogen) atoms. The van der Waals surface area contributed by atoms with Crippen molar-refractivity contribution in [3.05, 3.63) is 29.6 Å². The molecule has 1 atom stereocenters. The number of nitrogens with one attached hydrogen (secondary N) is 1. The standard InChI is InChI=1S/C16H24N4O/c1-19-7-9-20(10-8-19)16(21)14-4-5-15(18-12-14)13-3-2-6-17-11-13/h4-5,12-13,17H,2-3,6-11H2,1H3. The molecular formula is C16H24N4O. The lowest BCUT2D eigenvalue weighted by atomic mass is 9.95. The van der Waals surface area contributed by atoms with Crippen LogP contribution in [0.4, 0.5) is 0 Å². The van der Waals surface area contributed by atoms with Gasteiger partial charge in [0, 0.05) is 50.5 Å². The third kappa shape index (κ3) is 3.41. The maximum atomic E-state index is 12.4. The third-order valence-electron chi connectivity index (χ3n) is 4.54. The van der Waals surface area contributed by atoms with E-state index in [1.165, 1.54) is 12.8 Å². The predicted molar refractivity (Wildman–Crippen MR) is 82.5 cm³/mol. The molecule has 1 N–H and O–H groups in total. The van der Waals surface area contributed by atoms with E-state index in [0.717, 1.165) is 45.0 Å². The predicted octanol–water partition coefficient (Wildman–Crippen LogP) is 0.936. The fourth-order valence-corrected chi connectivity index (χ4v) is 3.07. The van der Waals surface area contributed by atoms with E-state index in [0.29, 0.717) is 11.5 Å². The van der Waals surface area contributed by atoms with Crippen LogP contribution < -0.4 is 5.32 Å². The molecule has 0 aromatic carbocycles. The molecular weight excluding hydrogens is 264 g/mol. The molecule has 1 amide bonds. The molecule has 0 bridgehead atoms. The zero-order valence-electron chi connectivity index (χ0n) is 12.7. The topological polar surface area (TPSA) is 48.5 Å².